The molecule has 0 spiro atoms. The van der Waals surface area contributed by atoms with E-state index in [0.717, 1.165) is 24.8 Å². The van der Waals surface area contributed by atoms with Crippen LogP contribution in [0.2, 0.25) is 0 Å². The fourth-order valence-corrected chi connectivity index (χ4v) is 3.48. The average molecular weight is 368 g/mol. The van der Waals surface area contributed by atoms with Crippen LogP contribution in [0.4, 0.5) is 0 Å². The highest BCUT2D eigenvalue weighted by Gasteiger charge is 2.18. The molecule has 2 aromatic rings. The topological polar surface area (TPSA) is 105 Å². The molecule has 0 atom stereocenters. The van der Waals surface area contributed by atoms with Gasteiger partial charge in [-0.25, -0.2) is 9.50 Å². The lowest BCUT2D eigenvalue weighted by Crippen LogP contribution is -2.35. The lowest BCUT2D eigenvalue weighted by molar-refractivity contribution is -0.136. The Labute approximate surface area is 150 Å². The Morgan fingerprint density at radius 2 is 1.92 bits per heavy atom. The molecule has 25 heavy (non-hydrogen) atoms. The normalized spacial score (nSPS) is 16.5. The lowest BCUT2D eigenvalue weighted by atomic mass is 9.85. The molecular weight excluding hydrogens is 346 g/mol. The Hall–Kier alpha value is -2.15. The molecule has 0 aromatic carbocycles. The van der Waals surface area contributed by atoms with Gasteiger partial charge < -0.3 is 10.2 Å². The number of rotatable bonds is 5. The maximum absolute atomic E-state index is 12.5. The van der Waals surface area contributed by atoms with Crippen molar-refractivity contribution in [2.45, 2.75) is 51.4 Å². The minimum Gasteiger partial charge on any atom is -0.510 e. The summed E-state index contributed by atoms with van der Waals surface area (Å²) in [5, 5.41) is 23.0. The molecule has 7 nitrogen and oxygen atoms in total. The number of pyridine rings is 1. The Morgan fingerprint density at radius 3 is 2.60 bits per heavy atom. The van der Waals surface area contributed by atoms with Gasteiger partial charge in [0, 0.05) is 12.0 Å². The number of fused-ring (bicyclic) bond motifs is 1. The van der Waals surface area contributed by atoms with Crippen molar-refractivity contribution in [3.63, 3.8) is 0 Å². The lowest BCUT2D eigenvalue weighted by Gasteiger charge is -2.21. The number of carboxylic acids is 1. The summed E-state index contributed by atoms with van der Waals surface area (Å²) in [4.78, 5) is 27.4. The van der Waals surface area contributed by atoms with E-state index in [-0.39, 0.29) is 41.8 Å². The van der Waals surface area contributed by atoms with Crippen LogP contribution in [0.1, 0.15) is 50.5 Å². The van der Waals surface area contributed by atoms with E-state index in [1.807, 2.05) is 0 Å². The second kappa shape index (κ2) is 8.29. The van der Waals surface area contributed by atoms with Gasteiger partial charge in [-0.05, 0) is 18.4 Å². The van der Waals surface area contributed by atoms with Gasteiger partial charge in [-0.2, -0.15) is 5.10 Å². The molecule has 136 valence electrons. The first-order valence-electron chi connectivity index (χ1n) is 8.36. The number of carbonyl (C=O) groups is 1. The third kappa shape index (κ3) is 4.28. The Kier molecular flexibility index (Phi) is 6.36. The van der Waals surface area contributed by atoms with Crippen LogP contribution in [0.25, 0.3) is 11.4 Å². The second-order valence-electron chi connectivity index (χ2n) is 6.43. The summed E-state index contributed by atoms with van der Waals surface area (Å²) in [6, 6.07) is 1.52. The number of hydrogen-bond donors (Lipinski definition) is 2. The number of halogens is 1. The maximum Gasteiger partial charge on any atom is 0.303 e. The van der Waals surface area contributed by atoms with Gasteiger partial charge in [-0.3, -0.25) is 9.59 Å². The summed E-state index contributed by atoms with van der Waals surface area (Å²) < 4.78 is 1.34. The van der Waals surface area contributed by atoms with Crippen LogP contribution in [0.3, 0.4) is 0 Å². The number of hydrogen-bond acceptors (Lipinski definition) is 5. The molecule has 1 aliphatic carbocycles. The first kappa shape index (κ1) is 19.2. The summed E-state index contributed by atoms with van der Waals surface area (Å²) >= 11 is 0. The summed E-state index contributed by atoms with van der Waals surface area (Å²) in [7, 11) is 0. The zero-order valence-electron chi connectivity index (χ0n) is 13.8. The van der Waals surface area contributed by atoms with Crippen LogP contribution >= 0.6 is 12.4 Å². The van der Waals surface area contributed by atoms with Crippen molar-refractivity contribution in [2.24, 2.45) is 5.92 Å². The van der Waals surface area contributed by atoms with Gasteiger partial charge in [-0.15, -0.1) is 12.4 Å². The second-order valence-corrected chi connectivity index (χ2v) is 6.43. The standard InChI is InChI=1S/C17H21N3O4.ClH/c21-13(6-7-15(23)24)16-14(22)9-12(17-18-10-19-20(16)17)8-11-4-2-1-3-5-11;/h9-11,21H,1-8H2,(H,23,24);1H. The van der Waals surface area contributed by atoms with Crippen molar-refractivity contribution in [2.75, 3.05) is 0 Å². The molecule has 1 aliphatic rings. The van der Waals surface area contributed by atoms with Crippen LogP contribution in [-0.4, -0.2) is 30.8 Å². The number of aliphatic carboxylic acids is 1. The van der Waals surface area contributed by atoms with E-state index in [4.69, 9.17) is 5.11 Å². The molecule has 2 aromatic heterocycles. The van der Waals surface area contributed by atoms with Gasteiger partial charge in [0.1, 0.15) is 12.1 Å². The molecule has 1 saturated carbocycles. The maximum atomic E-state index is 12.5. The Bertz CT molecular complexity index is 859. The van der Waals surface area contributed by atoms with Crippen molar-refractivity contribution in [3.05, 3.63) is 33.5 Å². The predicted octanol–water partition coefficient (Wildman–Crippen LogP) is 1.88. The molecule has 0 radical (unpaired) electrons. The third-order valence-corrected chi connectivity index (χ3v) is 4.67. The summed E-state index contributed by atoms with van der Waals surface area (Å²) in [6.45, 7) is 0. The monoisotopic (exact) mass is 367 g/mol. The number of carboxylic acid groups (broad SMARTS) is 1. The molecule has 0 aliphatic heterocycles. The third-order valence-electron chi connectivity index (χ3n) is 4.67. The quantitative estimate of drug-likeness (QED) is 0.836. The average Bonchev–Trinajstić information content (AvgIpc) is 3.03. The van der Waals surface area contributed by atoms with E-state index in [9.17, 15) is 14.7 Å². The van der Waals surface area contributed by atoms with Crippen molar-refractivity contribution in [3.8, 4) is 0 Å². The van der Waals surface area contributed by atoms with Crippen LogP contribution in [-0.2, 0) is 11.2 Å². The molecule has 0 bridgehead atoms. The highest BCUT2D eigenvalue weighted by Crippen LogP contribution is 2.27. The van der Waals surface area contributed by atoms with E-state index in [2.05, 4.69) is 10.1 Å². The van der Waals surface area contributed by atoms with Gasteiger partial charge in [0.25, 0.3) is 0 Å². The predicted molar refractivity (Wildman–Crippen MR) is 94.9 cm³/mol. The fourth-order valence-electron chi connectivity index (χ4n) is 3.48. The largest absolute Gasteiger partial charge is 0.510 e. The van der Waals surface area contributed by atoms with Crippen molar-refractivity contribution >= 4 is 29.8 Å². The van der Waals surface area contributed by atoms with Gasteiger partial charge in [0.05, 0.1) is 6.42 Å². The Morgan fingerprint density at radius 1 is 1.20 bits per heavy atom. The minimum absolute atomic E-state index is 0. The van der Waals surface area contributed by atoms with Gasteiger partial charge in [0.2, 0.25) is 5.43 Å². The smallest absolute Gasteiger partial charge is 0.303 e. The van der Waals surface area contributed by atoms with E-state index in [1.165, 1.54) is 36.2 Å². The molecule has 0 amide bonds. The zero-order valence-corrected chi connectivity index (χ0v) is 14.7. The van der Waals surface area contributed by atoms with Gasteiger partial charge in [-0.1, -0.05) is 32.1 Å². The number of aromatic nitrogens is 3. The highest BCUT2D eigenvalue weighted by atomic mass is 35.5. The summed E-state index contributed by atoms with van der Waals surface area (Å²) in [6.07, 6.45) is 7.82. The van der Waals surface area contributed by atoms with Crippen LogP contribution < -0.4 is 10.8 Å². The SMILES string of the molecule is Cl.O=C(O)CCC(O)=c1c(=O)cc(CC2CCCCC2)c2ncnn12. The van der Waals surface area contributed by atoms with Gasteiger partial charge >= 0.3 is 5.97 Å². The van der Waals surface area contributed by atoms with Crippen molar-refractivity contribution in [1.82, 2.24) is 14.6 Å². The van der Waals surface area contributed by atoms with Crippen LogP contribution in [0.5, 0.6) is 0 Å². The van der Waals surface area contributed by atoms with E-state index in [0.29, 0.717) is 11.6 Å². The first-order valence-corrected chi connectivity index (χ1v) is 8.36. The fraction of sp³-hybridized carbons (Fsp3) is 0.529. The van der Waals surface area contributed by atoms with Crippen molar-refractivity contribution in [1.29, 1.82) is 0 Å². The molecule has 2 N–H and O–H groups in total. The van der Waals surface area contributed by atoms with Crippen LogP contribution in [0, 0.1) is 5.92 Å². The number of nitrogens with zero attached hydrogens (tertiary/aromatic N) is 3. The van der Waals surface area contributed by atoms with Gasteiger partial charge in [0.15, 0.2) is 11.0 Å². The van der Waals surface area contributed by atoms with E-state index in [1.54, 1.807) is 0 Å². The minimum atomic E-state index is -1.03. The summed E-state index contributed by atoms with van der Waals surface area (Å²) in [5.74, 6) is -0.742. The zero-order chi connectivity index (χ0) is 17.1. The van der Waals surface area contributed by atoms with Crippen LogP contribution in [0.15, 0.2) is 17.2 Å². The van der Waals surface area contributed by atoms with E-state index < -0.39 is 5.97 Å². The molecule has 2 heterocycles. The molecule has 1 fully saturated rings. The Balaban J connectivity index is 0.00000225. The molecule has 0 unspecified atom stereocenters. The van der Waals surface area contributed by atoms with E-state index >= 15 is 0 Å². The molecule has 3 rings (SSSR count). The highest BCUT2D eigenvalue weighted by molar-refractivity contribution is 5.85. The number of aliphatic hydroxyl groups excluding tert-OH is 1. The molecular formula is C17H22ClN3O4. The first-order chi connectivity index (χ1) is 11.6. The summed E-state index contributed by atoms with van der Waals surface area (Å²) in [5.41, 5.74) is 1.07. The van der Waals surface area contributed by atoms with Crippen molar-refractivity contribution < 1.29 is 15.0 Å². The molecule has 0 saturated heterocycles. The molecule has 8 heteroatoms. The number of aliphatic hydroxyl groups is 1.